The van der Waals surface area contributed by atoms with Crippen LogP contribution in [-0.4, -0.2) is 41.7 Å². The second-order valence-corrected chi connectivity index (χ2v) is 5.55. The van der Waals surface area contributed by atoms with Crippen LogP contribution in [0.15, 0.2) is 23.4 Å². The van der Waals surface area contributed by atoms with E-state index in [0.29, 0.717) is 16.6 Å². The second-order valence-electron chi connectivity index (χ2n) is 5.14. The van der Waals surface area contributed by atoms with Crippen molar-refractivity contribution in [3.8, 4) is 0 Å². The van der Waals surface area contributed by atoms with Gasteiger partial charge in [-0.3, -0.25) is 4.90 Å². The van der Waals surface area contributed by atoms with Gasteiger partial charge < -0.3 is 15.7 Å². The van der Waals surface area contributed by atoms with E-state index in [2.05, 4.69) is 24.0 Å². The zero-order valence-electron chi connectivity index (χ0n) is 11.7. The number of nitrogens with two attached hydrogens (primary N) is 1. The van der Waals surface area contributed by atoms with Gasteiger partial charge in [0.2, 0.25) is 0 Å². The fraction of sp³-hybridized carbons (Fsp3) is 0.500. The Morgan fingerprint density at radius 1 is 1.60 bits per heavy atom. The summed E-state index contributed by atoms with van der Waals surface area (Å²) in [5, 5.41) is 12.3. The molecule has 0 amide bonds. The first-order chi connectivity index (χ1) is 9.52. The van der Waals surface area contributed by atoms with Gasteiger partial charge >= 0.3 is 0 Å². The molecule has 0 radical (unpaired) electrons. The average molecular weight is 298 g/mol. The highest BCUT2D eigenvalue weighted by molar-refractivity contribution is 6.31. The minimum atomic E-state index is 0.0598. The van der Waals surface area contributed by atoms with Crippen LogP contribution in [0, 0.1) is 0 Å². The first-order valence-electron chi connectivity index (χ1n) is 6.61. The Balaban J connectivity index is 2.10. The maximum Gasteiger partial charge on any atom is 0.170 e. The summed E-state index contributed by atoms with van der Waals surface area (Å²) in [5.41, 5.74) is 7.18. The molecule has 2 atom stereocenters. The smallest absolute Gasteiger partial charge is 0.170 e. The molecule has 0 aromatic heterocycles. The highest BCUT2D eigenvalue weighted by Crippen LogP contribution is 2.24. The monoisotopic (exact) mass is 297 g/mol. The van der Waals surface area contributed by atoms with E-state index in [9.17, 15) is 0 Å². The summed E-state index contributed by atoms with van der Waals surface area (Å²) in [4.78, 5) is 2.25. The van der Waals surface area contributed by atoms with Gasteiger partial charge in [0, 0.05) is 29.8 Å². The quantitative estimate of drug-likeness (QED) is 0.386. The Morgan fingerprint density at radius 3 is 2.90 bits per heavy atom. The van der Waals surface area contributed by atoms with E-state index >= 15 is 0 Å². The first-order valence-corrected chi connectivity index (χ1v) is 6.99. The largest absolute Gasteiger partial charge is 0.409 e. The third kappa shape index (κ3) is 3.23. The molecule has 3 N–H and O–H groups in total. The lowest BCUT2D eigenvalue weighted by atomic mass is 10.1. The number of likely N-dealkylation sites (N-methyl/N-ethyl adjacent to an activating group) is 1. The van der Waals surface area contributed by atoms with E-state index in [1.165, 1.54) is 0 Å². The highest BCUT2D eigenvalue weighted by Gasteiger charge is 2.27. The van der Waals surface area contributed by atoms with Gasteiger partial charge in [0.1, 0.15) is 0 Å². The molecule has 0 bridgehead atoms. The van der Waals surface area contributed by atoms with Crippen LogP contribution in [0.5, 0.6) is 0 Å². The number of hydrogen-bond acceptors (Lipinski definition) is 4. The number of oxime groups is 1. The van der Waals surface area contributed by atoms with Gasteiger partial charge in [-0.1, -0.05) is 28.9 Å². The lowest BCUT2D eigenvalue weighted by molar-refractivity contribution is 0.0814. The molecule has 1 aromatic carbocycles. The molecule has 0 aliphatic carbocycles. The fourth-order valence-corrected chi connectivity index (χ4v) is 2.82. The lowest BCUT2D eigenvalue weighted by Gasteiger charge is -2.27. The molecule has 0 spiro atoms. The average Bonchev–Trinajstić information content (AvgIpc) is 2.86. The maximum atomic E-state index is 8.66. The van der Waals surface area contributed by atoms with E-state index in [0.717, 1.165) is 25.1 Å². The Bertz CT molecular complexity index is 507. The zero-order chi connectivity index (χ0) is 14.7. The summed E-state index contributed by atoms with van der Waals surface area (Å²) in [6.07, 6.45) is 1.28. The van der Waals surface area contributed by atoms with Crippen molar-refractivity contribution in [3.63, 3.8) is 0 Å². The van der Waals surface area contributed by atoms with E-state index in [1.54, 1.807) is 12.1 Å². The molecule has 0 saturated carbocycles. The van der Waals surface area contributed by atoms with Crippen LogP contribution in [0.4, 0.5) is 0 Å². The molecule has 1 aliphatic rings. The van der Waals surface area contributed by atoms with Crippen molar-refractivity contribution in [2.45, 2.75) is 32.0 Å². The Hall–Kier alpha value is -1.30. The van der Waals surface area contributed by atoms with Crippen LogP contribution in [0.1, 0.15) is 24.5 Å². The van der Waals surface area contributed by atoms with Gasteiger partial charge in [0.25, 0.3) is 0 Å². The third-order valence-corrected chi connectivity index (χ3v) is 4.13. The van der Waals surface area contributed by atoms with Crippen LogP contribution in [0.3, 0.4) is 0 Å². The number of hydrogen-bond donors (Lipinski definition) is 2. The minimum Gasteiger partial charge on any atom is -0.409 e. The number of ether oxygens (including phenoxy) is 1. The van der Waals surface area contributed by atoms with Crippen LogP contribution in [-0.2, 0) is 11.3 Å². The molecular formula is C14H20ClN3O2. The van der Waals surface area contributed by atoms with Crippen LogP contribution in [0.25, 0.3) is 0 Å². The van der Waals surface area contributed by atoms with E-state index in [1.807, 2.05) is 6.07 Å². The molecule has 1 aromatic rings. The molecule has 1 fully saturated rings. The fourth-order valence-electron chi connectivity index (χ4n) is 2.58. The Kier molecular flexibility index (Phi) is 4.86. The molecule has 1 aliphatic heterocycles. The number of amidine groups is 1. The SMILES string of the molecule is CC1OCCC1N(C)Cc1ccc(/C(N)=N/O)cc1Cl. The normalized spacial score (nSPS) is 23.5. The van der Waals surface area contributed by atoms with E-state index in [-0.39, 0.29) is 11.9 Å². The van der Waals surface area contributed by atoms with Gasteiger partial charge in [-0.2, -0.15) is 0 Å². The summed E-state index contributed by atoms with van der Waals surface area (Å²) in [6.45, 7) is 3.65. The predicted molar refractivity (Wildman–Crippen MR) is 79.2 cm³/mol. The van der Waals surface area contributed by atoms with E-state index in [4.69, 9.17) is 27.3 Å². The number of benzene rings is 1. The van der Waals surface area contributed by atoms with Gasteiger partial charge in [-0.15, -0.1) is 0 Å². The zero-order valence-corrected chi connectivity index (χ0v) is 12.5. The molecule has 110 valence electrons. The van der Waals surface area contributed by atoms with Crippen LogP contribution < -0.4 is 5.73 Å². The summed E-state index contributed by atoms with van der Waals surface area (Å²) in [7, 11) is 2.07. The minimum absolute atomic E-state index is 0.0598. The highest BCUT2D eigenvalue weighted by atomic mass is 35.5. The molecule has 2 unspecified atom stereocenters. The number of nitrogens with zero attached hydrogens (tertiary/aromatic N) is 2. The molecule has 1 saturated heterocycles. The summed E-state index contributed by atoms with van der Waals surface area (Å²) in [5.74, 6) is 0.0598. The Labute approximate surface area is 124 Å². The van der Waals surface area contributed by atoms with Crippen molar-refractivity contribution in [2.75, 3.05) is 13.7 Å². The van der Waals surface area contributed by atoms with Gasteiger partial charge in [-0.05, 0) is 32.0 Å². The van der Waals surface area contributed by atoms with Crippen LogP contribution in [0.2, 0.25) is 5.02 Å². The van der Waals surface area contributed by atoms with Gasteiger partial charge in [0.05, 0.1) is 6.10 Å². The third-order valence-electron chi connectivity index (χ3n) is 3.78. The van der Waals surface area contributed by atoms with Crippen molar-refractivity contribution in [1.29, 1.82) is 0 Å². The first kappa shape index (κ1) is 15.1. The molecule has 6 heteroatoms. The summed E-state index contributed by atoms with van der Waals surface area (Å²) in [6, 6.07) is 5.84. The van der Waals surface area contributed by atoms with Crippen LogP contribution >= 0.6 is 11.6 Å². The van der Waals surface area contributed by atoms with Crippen molar-refractivity contribution >= 4 is 17.4 Å². The van der Waals surface area contributed by atoms with Crippen molar-refractivity contribution in [3.05, 3.63) is 34.3 Å². The molecule has 2 rings (SSSR count). The second kappa shape index (κ2) is 6.43. The molecule has 1 heterocycles. The summed E-state index contributed by atoms with van der Waals surface area (Å²) >= 11 is 6.27. The molecule has 20 heavy (non-hydrogen) atoms. The Morgan fingerprint density at radius 2 is 2.35 bits per heavy atom. The number of rotatable bonds is 4. The van der Waals surface area contributed by atoms with E-state index < -0.39 is 0 Å². The van der Waals surface area contributed by atoms with Crippen molar-refractivity contribution in [2.24, 2.45) is 10.9 Å². The predicted octanol–water partition coefficient (Wildman–Crippen LogP) is 2.04. The topological polar surface area (TPSA) is 71.1 Å². The lowest BCUT2D eigenvalue weighted by Crippen LogP contribution is -2.36. The van der Waals surface area contributed by atoms with Crippen molar-refractivity contribution < 1.29 is 9.94 Å². The van der Waals surface area contributed by atoms with Gasteiger partial charge in [0.15, 0.2) is 5.84 Å². The van der Waals surface area contributed by atoms with Gasteiger partial charge in [-0.25, -0.2) is 0 Å². The number of halogens is 1. The molecule has 5 nitrogen and oxygen atoms in total. The molecular weight excluding hydrogens is 278 g/mol. The standard InChI is InChI=1S/C14H20ClN3O2/c1-9-13(5-6-20-9)18(2)8-11-4-3-10(7-12(11)15)14(16)17-19/h3-4,7,9,13,19H,5-6,8H2,1-2H3,(H2,16,17). The van der Waals surface area contributed by atoms with Crippen molar-refractivity contribution in [1.82, 2.24) is 4.90 Å². The summed E-state index contributed by atoms with van der Waals surface area (Å²) < 4.78 is 5.58. The maximum absolute atomic E-state index is 8.66.